The molecule has 24 heavy (non-hydrogen) atoms. The molecule has 3 rings (SSSR count). The van der Waals surface area contributed by atoms with E-state index in [-0.39, 0.29) is 12.4 Å². The number of benzene rings is 1. The van der Waals surface area contributed by atoms with Crippen molar-refractivity contribution in [1.29, 1.82) is 0 Å². The van der Waals surface area contributed by atoms with Crippen LogP contribution < -0.4 is 4.74 Å². The minimum absolute atomic E-state index is 0.205. The molecule has 5 nitrogen and oxygen atoms in total. The number of ether oxygens (including phenoxy) is 1. The Morgan fingerprint density at radius 1 is 1.29 bits per heavy atom. The van der Waals surface area contributed by atoms with E-state index < -0.39 is 6.10 Å². The van der Waals surface area contributed by atoms with E-state index in [1.54, 1.807) is 18.3 Å². The second-order valence-corrected chi connectivity index (χ2v) is 6.29. The first-order valence-corrected chi connectivity index (χ1v) is 8.48. The fraction of sp³-hybridized carbons (Fsp3) is 0.500. The summed E-state index contributed by atoms with van der Waals surface area (Å²) in [5.74, 6) is 0.278. The predicted octanol–water partition coefficient (Wildman–Crippen LogP) is 2.32. The Morgan fingerprint density at radius 3 is 2.88 bits per heavy atom. The number of β-amino-alcohol motifs (C(OH)–C–C–N with tert-alkyl or cyclic N) is 1. The van der Waals surface area contributed by atoms with E-state index in [1.165, 1.54) is 18.6 Å². The smallest absolute Gasteiger partial charge is 0.123 e. The van der Waals surface area contributed by atoms with E-state index in [2.05, 4.69) is 10.00 Å². The Labute approximate surface area is 141 Å². The van der Waals surface area contributed by atoms with Gasteiger partial charge in [-0.3, -0.25) is 9.58 Å². The molecule has 0 spiro atoms. The van der Waals surface area contributed by atoms with Crippen molar-refractivity contribution < 1.29 is 14.2 Å². The van der Waals surface area contributed by atoms with Gasteiger partial charge in [0.05, 0.1) is 6.54 Å². The van der Waals surface area contributed by atoms with Crippen molar-refractivity contribution in [1.82, 2.24) is 14.7 Å². The van der Waals surface area contributed by atoms with E-state index in [4.69, 9.17) is 4.74 Å². The van der Waals surface area contributed by atoms with Crippen molar-refractivity contribution in [2.75, 3.05) is 19.7 Å². The third kappa shape index (κ3) is 4.79. The number of piperidine rings is 1. The van der Waals surface area contributed by atoms with Gasteiger partial charge in [-0.1, -0.05) is 6.42 Å². The van der Waals surface area contributed by atoms with Crippen LogP contribution in [0.4, 0.5) is 4.39 Å². The van der Waals surface area contributed by atoms with Crippen LogP contribution in [0.1, 0.15) is 19.3 Å². The Balaban J connectivity index is 1.49. The van der Waals surface area contributed by atoms with Gasteiger partial charge in [0.1, 0.15) is 24.3 Å². The van der Waals surface area contributed by atoms with E-state index in [0.29, 0.717) is 18.3 Å². The van der Waals surface area contributed by atoms with Gasteiger partial charge in [0, 0.05) is 25.0 Å². The van der Waals surface area contributed by atoms with E-state index in [0.717, 1.165) is 25.9 Å². The number of aromatic nitrogens is 2. The van der Waals surface area contributed by atoms with Crippen LogP contribution in [0.5, 0.6) is 5.75 Å². The van der Waals surface area contributed by atoms with Crippen LogP contribution in [0.2, 0.25) is 0 Å². The monoisotopic (exact) mass is 333 g/mol. The number of hydrogen-bond acceptors (Lipinski definition) is 4. The zero-order chi connectivity index (χ0) is 16.8. The molecule has 0 unspecified atom stereocenters. The van der Waals surface area contributed by atoms with Crippen LogP contribution in [0, 0.1) is 5.82 Å². The van der Waals surface area contributed by atoms with E-state index in [9.17, 15) is 9.50 Å². The van der Waals surface area contributed by atoms with Gasteiger partial charge in [0.25, 0.3) is 0 Å². The first-order chi connectivity index (χ1) is 11.7. The van der Waals surface area contributed by atoms with Gasteiger partial charge in [-0.25, -0.2) is 4.39 Å². The van der Waals surface area contributed by atoms with Crippen LogP contribution in [-0.4, -0.2) is 51.6 Å². The summed E-state index contributed by atoms with van der Waals surface area (Å²) < 4.78 is 20.4. The topological polar surface area (TPSA) is 50.5 Å². The maximum absolute atomic E-state index is 12.9. The zero-order valence-electron chi connectivity index (χ0n) is 13.7. The van der Waals surface area contributed by atoms with Crippen molar-refractivity contribution in [2.24, 2.45) is 0 Å². The molecule has 0 amide bonds. The molecule has 6 heteroatoms. The van der Waals surface area contributed by atoms with Crippen LogP contribution >= 0.6 is 0 Å². The molecule has 2 heterocycles. The lowest BCUT2D eigenvalue weighted by molar-refractivity contribution is 0.0345. The highest BCUT2D eigenvalue weighted by Gasteiger charge is 2.25. The predicted molar refractivity (Wildman–Crippen MR) is 89.3 cm³/mol. The fourth-order valence-corrected chi connectivity index (χ4v) is 3.18. The summed E-state index contributed by atoms with van der Waals surface area (Å²) in [7, 11) is 0. The van der Waals surface area contributed by atoms with E-state index in [1.807, 2.05) is 16.9 Å². The molecule has 0 saturated carbocycles. The molecular weight excluding hydrogens is 309 g/mol. The Hall–Kier alpha value is -1.92. The minimum Gasteiger partial charge on any atom is -0.491 e. The number of aliphatic hydroxyl groups is 1. The fourth-order valence-electron chi connectivity index (χ4n) is 3.18. The van der Waals surface area contributed by atoms with Crippen molar-refractivity contribution >= 4 is 0 Å². The van der Waals surface area contributed by atoms with Gasteiger partial charge in [-0.2, -0.15) is 5.10 Å². The van der Waals surface area contributed by atoms with Crippen LogP contribution in [-0.2, 0) is 6.54 Å². The Kier molecular flexibility index (Phi) is 5.82. The lowest BCUT2D eigenvalue weighted by atomic mass is 10.0. The SMILES string of the molecule is O[C@@H](COc1ccc(F)cc1)CN1CCCC[C@@H]1Cn1cccn1. The number of aliphatic hydroxyl groups excluding tert-OH is 1. The summed E-state index contributed by atoms with van der Waals surface area (Å²) in [6, 6.07) is 8.17. The van der Waals surface area contributed by atoms with Crippen molar-refractivity contribution in [2.45, 2.75) is 38.0 Å². The quantitative estimate of drug-likeness (QED) is 0.845. The molecule has 2 atom stereocenters. The van der Waals surface area contributed by atoms with Crippen LogP contribution in [0.15, 0.2) is 42.7 Å². The van der Waals surface area contributed by atoms with Crippen LogP contribution in [0.25, 0.3) is 0 Å². The third-order valence-electron chi connectivity index (χ3n) is 4.41. The van der Waals surface area contributed by atoms with Crippen molar-refractivity contribution in [3.8, 4) is 5.75 Å². The average Bonchev–Trinajstić information content (AvgIpc) is 3.09. The summed E-state index contributed by atoms with van der Waals surface area (Å²) in [6.45, 7) is 2.61. The summed E-state index contributed by atoms with van der Waals surface area (Å²) in [6.07, 6.45) is 6.67. The lowest BCUT2D eigenvalue weighted by Crippen LogP contribution is -2.46. The Morgan fingerprint density at radius 2 is 2.12 bits per heavy atom. The van der Waals surface area contributed by atoms with E-state index >= 15 is 0 Å². The molecule has 1 aromatic carbocycles. The maximum atomic E-state index is 12.9. The summed E-state index contributed by atoms with van der Waals surface area (Å²) in [4.78, 5) is 2.32. The standard InChI is InChI=1S/C18H24FN3O2/c19-15-5-7-18(8-6-15)24-14-17(23)13-21-10-2-1-4-16(21)12-22-11-3-9-20-22/h3,5-9,11,16-17,23H,1-2,4,10,12-14H2/t16-,17-/m1/s1. The van der Waals surface area contributed by atoms with Gasteiger partial charge in [-0.05, 0) is 49.7 Å². The molecule has 1 aromatic heterocycles. The molecule has 2 aromatic rings. The highest BCUT2D eigenvalue weighted by atomic mass is 19.1. The highest BCUT2D eigenvalue weighted by molar-refractivity contribution is 5.22. The molecule has 0 radical (unpaired) electrons. The van der Waals surface area contributed by atoms with Crippen molar-refractivity contribution in [3.63, 3.8) is 0 Å². The first kappa shape index (κ1) is 16.9. The number of hydrogen-bond donors (Lipinski definition) is 1. The molecule has 0 bridgehead atoms. The zero-order valence-corrected chi connectivity index (χ0v) is 13.7. The molecule has 1 aliphatic heterocycles. The number of rotatable bonds is 7. The van der Waals surface area contributed by atoms with Gasteiger partial charge < -0.3 is 9.84 Å². The minimum atomic E-state index is -0.576. The third-order valence-corrected chi connectivity index (χ3v) is 4.41. The normalized spacial score (nSPS) is 20.0. The number of halogens is 1. The second-order valence-electron chi connectivity index (χ2n) is 6.29. The largest absolute Gasteiger partial charge is 0.491 e. The molecule has 0 aliphatic carbocycles. The average molecular weight is 333 g/mol. The van der Waals surface area contributed by atoms with Gasteiger partial charge >= 0.3 is 0 Å². The van der Waals surface area contributed by atoms with Crippen LogP contribution in [0.3, 0.4) is 0 Å². The Bertz CT molecular complexity index is 603. The molecule has 1 fully saturated rings. The summed E-state index contributed by atoms with van der Waals surface area (Å²) in [5.41, 5.74) is 0. The van der Waals surface area contributed by atoms with Gasteiger partial charge in [-0.15, -0.1) is 0 Å². The summed E-state index contributed by atoms with van der Waals surface area (Å²) in [5, 5.41) is 14.6. The number of likely N-dealkylation sites (tertiary alicyclic amines) is 1. The summed E-state index contributed by atoms with van der Waals surface area (Å²) >= 11 is 0. The maximum Gasteiger partial charge on any atom is 0.123 e. The second kappa shape index (κ2) is 8.26. The molecule has 130 valence electrons. The molecule has 1 aliphatic rings. The molecular formula is C18H24FN3O2. The number of nitrogens with zero attached hydrogens (tertiary/aromatic N) is 3. The molecule has 1 saturated heterocycles. The van der Waals surface area contributed by atoms with Gasteiger partial charge in [0.15, 0.2) is 0 Å². The van der Waals surface area contributed by atoms with Crippen molar-refractivity contribution in [3.05, 3.63) is 48.5 Å². The highest BCUT2D eigenvalue weighted by Crippen LogP contribution is 2.19. The van der Waals surface area contributed by atoms with Gasteiger partial charge in [0.2, 0.25) is 0 Å². The molecule has 1 N–H and O–H groups in total. The lowest BCUT2D eigenvalue weighted by Gasteiger charge is -2.36. The first-order valence-electron chi connectivity index (χ1n) is 8.48.